The van der Waals surface area contributed by atoms with Gasteiger partial charge in [-0.2, -0.15) is 0 Å². The molecule has 1 atom stereocenters. The molecule has 0 aliphatic carbocycles. The number of nitrogens with one attached hydrogen (secondary N) is 1. The monoisotopic (exact) mass is 318 g/mol. The van der Waals surface area contributed by atoms with Gasteiger partial charge in [0.15, 0.2) is 5.00 Å². The number of halogens is 1. The predicted molar refractivity (Wildman–Crippen MR) is 90.7 cm³/mol. The van der Waals surface area contributed by atoms with Crippen molar-refractivity contribution in [3.05, 3.63) is 59.6 Å². The maximum Gasteiger partial charge on any atom is 0.157 e. The van der Waals surface area contributed by atoms with Gasteiger partial charge >= 0.3 is 0 Å². The molecule has 2 aliphatic heterocycles. The number of dihydropyridines is 1. The van der Waals surface area contributed by atoms with E-state index >= 15 is 0 Å². The summed E-state index contributed by atoms with van der Waals surface area (Å²) in [6.07, 6.45) is 5.58. The predicted octanol–water partition coefficient (Wildman–Crippen LogP) is 2.08. The maximum atomic E-state index is 6.76. The minimum atomic E-state index is -0.738. The number of allylic oxidation sites excluding steroid dienone is 1. The van der Waals surface area contributed by atoms with Crippen molar-refractivity contribution in [1.82, 2.24) is 10.2 Å². The lowest BCUT2D eigenvalue weighted by molar-refractivity contribution is 0.152. The van der Waals surface area contributed by atoms with Crippen LogP contribution in [0.3, 0.4) is 0 Å². The van der Waals surface area contributed by atoms with Crippen molar-refractivity contribution in [2.75, 3.05) is 13.1 Å². The quantitative estimate of drug-likeness (QED) is 0.589. The van der Waals surface area contributed by atoms with Crippen molar-refractivity contribution in [1.29, 1.82) is 0 Å². The summed E-state index contributed by atoms with van der Waals surface area (Å²) in [5.41, 5.74) is 14.5. The summed E-state index contributed by atoms with van der Waals surface area (Å²) in [7, 11) is 0. The third-order valence-electron chi connectivity index (χ3n) is 4.66. The molecular weight excluding hydrogens is 296 g/mol. The first-order chi connectivity index (χ1) is 10.6. The van der Waals surface area contributed by atoms with E-state index in [1.54, 1.807) is 12.3 Å². The molecule has 1 unspecified atom stereocenters. The SMILES string of the molecule is NC1=C(N)C(Cl)(C2CCN(Cc3ccccc3)CC2)NC=C1. The van der Waals surface area contributed by atoms with E-state index in [4.69, 9.17) is 23.1 Å². The van der Waals surface area contributed by atoms with Gasteiger partial charge in [0.1, 0.15) is 0 Å². The molecule has 5 heteroatoms. The van der Waals surface area contributed by atoms with Gasteiger partial charge in [-0.25, -0.2) is 0 Å². The fourth-order valence-electron chi connectivity index (χ4n) is 3.30. The topological polar surface area (TPSA) is 67.3 Å². The molecule has 1 fully saturated rings. The van der Waals surface area contributed by atoms with Gasteiger partial charge in [-0.15, -0.1) is 0 Å². The highest BCUT2D eigenvalue weighted by Crippen LogP contribution is 2.37. The molecule has 5 N–H and O–H groups in total. The standard InChI is InChI=1S/C17H23ClN4/c18-17(16(20)15(19)6-9-21-17)14-7-10-22(11-8-14)12-13-4-2-1-3-5-13/h1-6,9,14,21H,7-8,10-12,19-20H2. The lowest BCUT2D eigenvalue weighted by Crippen LogP contribution is -2.53. The number of alkyl halides is 1. The van der Waals surface area contributed by atoms with Crippen LogP contribution in [0.1, 0.15) is 18.4 Å². The zero-order valence-electron chi connectivity index (χ0n) is 12.6. The van der Waals surface area contributed by atoms with Crippen LogP contribution in [-0.4, -0.2) is 23.0 Å². The van der Waals surface area contributed by atoms with Crippen molar-refractivity contribution in [2.24, 2.45) is 17.4 Å². The number of nitrogens with zero attached hydrogens (tertiary/aromatic N) is 1. The molecule has 1 saturated heterocycles. The van der Waals surface area contributed by atoms with Crippen LogP contribution in [0.25, 0.3) is 0 Å². The molecule has 0 bridgehead atoms. The van der Waals surface area contributed by atoms with E-state index < -0.39 is 5.00 Å². The zero-order chi connectivity index (χ0) is 15.6. The van der Waals surface area contributed by atoms with Crippen molar-refractivity contribution < 1.29 is 0 Å². The smallest absolute Gasteiger partial charge is 0.157 e. The minimum absolute atomic E-state index is 0.282. The van der Waals surface area contributed by atoms with Crippen molar-refractivity contribution >= 4 is 11.6 Å². The van der Waals surface area contributed by atoms with Gasteiger partial charge in [-0.05, 0) is 37.6 Å². The number of nitrogens with two attached hydrogens (primary N) is 2. The molecular formula is C17H23ClN4. The molecule has 0 aromatic heterocycles. The number of hydrogen-bond donors (Lipinski definition) is 3. The Labute approximate surface area is 136 Å². The first-order valence-electron chi connectivity index (χ1n) is 7.75. The zero-order valence-corrected chi connectivity index (χ0v) is 13.4. The van der Waals surface area contributed by atoms with Gasteiger partial charge < -0.3 is 16.8 Å². The number of piperidine rings is 1. The Bertz CT molecular complexity index is 576. The van der Waals surface area contributed by atoms with E-state index in [-0.39, 0.29) is 5.92 Å². The van der Waals surface area contributed by atoms with Crippen LogP contribution in [-0.2, 0) is 6.54 Å². The van der Waals surface area contributed by atoms with E-state index in [1.165, 1.54) is 5.56 Å². The van der Waals surface area contributed by atoms with Crippen molar-refractivity contribution in [3.63, 3.8) is 0 Å². The molecule has 2 heterocycles. The highest BCUT2D eigenvalue weighted by molar-refractivity contribution is 6.26. The van der Waals surface area contributed by atoms with E-state index in [0.717, 1.165) is 32.5 Å². The Morgan fingerprint density at radius 1 is 1.18 bits per heavy atom. The van der Waals surface area contributed by atoms with Gasteiger partial charge in [0.2, 0.25) is 0 Å². The Kier molecular flexibility index (Phi) is 4.32. The Hall–Kier alpha value is -1.65. The second-order valence-corrected chi connectivity index (χ2v) is 6.69. The van der Waals surface area contributed by atoms with Crippen LogP contribution in [0.5, 0.6) is 0 Å². The summed E-state index contributed by atoms with van der Waals surface area (Å²) < 4.78 is 0. The van der Waals surface area contributed by atoms with Gasteiger partial charge in [-0.3, -0.25) is 4.90 Å². The average Bonchev–Trinajstić information content (AvgIpc) is 2.54. The van der Waals surface area contributed by atoms with E-state index in [9.17, 15) is 0 Å². The van der Waals surface area contributed by atoms with E-state index in [1.807, 2.05) is 0 Å². The van der Waals surface area contributed by atoms with Gasteiger partial charge in [0, 0.05) is 18.7 Å². The van der Waals surface area contributed by atoms with Gasteiger partial charge in [-0.1, -0.05) is 41.9 Å². The molecule has 0 radical (unpaired) electrons. The normalized spacial score (nSPS) is 27.0. The highest BCUT2D eigenvalue weighted by atomic mass is 35.5. The summed E-state index contributed by atoms with van der Waals surface area (Å²) >= 11 is 6.76. The summed E-state index contributed by atoms with van der Waals surface area (Å²) in [4.78, 5) is 1.73. The van der Waals surface area contributed by atoms with E-state index in [2.05, 4.69) is 40.5 Å². The number of hydrogen-bond acceptors (Lipinski definition) is 4. The Morgan fingerprint density at radius 2 is 1.86 bits per heavy atom. The molecule has 1 aromatic rings. The molecule has 4 nitrogen and oxygen atoms in total. The minimum Gasteiger partial charge on any atom is -0.397 e. The van der Waals surface area contributed by atoms with Crippen LogP contribution in [0.15, 0.2) is 54.0 Å². The summed E-state index contributed by atoms with van der Waals surface area (Å²) in [5, 5.41) is 3.21. The first kappa shape index (κ1) is 15.3. The van der Waals surface area contributed by atoms with Crippen LogP contribution >= 0.6 is 11.6 Å². The average molecular weight is 319 g/mol. The molecule has 0 saturated carbocycles. The first-order valence-corrected chi connectivity index (χ1v) is 8.12. The van der Waals surface area contributed by atoms with E-state index in [0.29, 0.717) is 11.4 Å². The molecule has 3 rings (SSSR count). The number of benzene rings is 1. The van der Waals surface area contributed by atoms with Crippen LogP contribution in [0, 0.1) is 5.92 Å². The highest BCUT2D eigenvalue weighted by Gasteiger charge is 2.42. The fourth-order valence-corrected chi connectivity index (χ4v) is 3.69. The number of rotatable bonds is 3. The number of likely N-dealkylation sites (tertiary alicyclic amines) is 1. The molecule has 2 aliphatic rings. The maximum absolute atomic E-state index is 6.76. The fraction of sp³-hybridized carbons (Fsp3) is 0.412. The van der Waals surface area contributed by atoms with Crippen LogP contribution in [0.2, 0.25) is 0 Å². The molecule has 1 aromatic carbocycles. The second kappa shape index (κ2) is 6.23. The lowest BCUT2D eigenvalue weighted by Gasteiger charge is -2.42. The van der Waals surface area contributed by atoms with Crippen molar-refractivity contribution in [2.45, 2.75) is 24.4 Å². The third-order valence-corrected chi connectivity index (χ3v) is 5.28. The van der Waals surface area contributed by atoms with Gasteiger partial charge in [0.05, 0.1) is 11.4 Å². The second-order valence-electron chi connectivity index (χ2n) is 6.09. The molecule has 22 heavy (non-hydrogen) atoms. The molecule has 0 amide bonds. The summed E-state index contributed by atoms with van der Waals surface area (Å²) in [6.45, 7) is 3.03. The Balaban J connectivity index is 1.61. The largest absolute Gasteiger partial charge is 0.397 e. The third kappa shape index (κ3) is 2.94. The Morgan fingerprint density at radius 3 is 2.55 bits per heavy atom. The summed E-state index contributed by atoms with van der Waals surface area (Å²) in [5.74, 6) is 0.282. The van der Waals surface area contributed by atoms with Crippen molar-refractivity contribution in [3.8, 4) is 0 Å². The van der Waals surface area contributed by atoms with Gasteiger partial charge in [0.25, 0.3) is 0 Å². The summed E-state index contributed by atoms with van der Waals surface area (Å²) in [6, 6.07) is 10.6. The van der Waals surface area contributed by atoms with Crippen LogP contribution < -0.4 is 16.8 Å². The molecule has 118 valence electrons. The molecule has 0 spiro atoms. The van der Waals surface area contributed by atoms with Crippen LogP contribution in [0.4, 0.5) is 0 Å². The lowest BCUT2D eigenvalue weighted by atomic mass is 9.85.